The highest BCUT2D eigenvalue weighted by Gasteiger charge is 2.44. The lowest BCUT2D eigenvalue weighted by atomic mass is 9.99. The molecule has 9 nitrogen and oxygen atoms in total. The van der Waals surface area contributed by atoms with Gasteiger partial charge in [0.2, 0.25) is 5.91 Å². The molecule has 0 aromatic rings. The molecule has 6 N–H and O–H groups in total. The molecule has 0 saturated carbocycles. The Bertz CT molecular complexity index is 941. The summed E-state index contributed by atoms with van der Waals surface area (Å²) >= 11 is 0. The number of unbranched alkanes of at least 4 members (excludes halogenated alkanes) is 22. The zero-order chi connectivity index (χ0) is 39.5. The fraction of sp³-hybridized carbons (Fsp3) is 0.844. The predicted molar refractivity (Wildman–Crippen MR) is 221 cm³/mol. The van der Waals surface area contributed by atoms with E-state index in [2.05, 4.69) is 43.5 Å². The van der Waals surface area contributed by atoms with E-state index in [0.717, 1.165) is 44.9 Å². The minimum atomic E-state index is -1.57. The number of aliphatic hydroxyl groups is 5. The van der Waals surface area contributed by atoms with Gasteiger partial charge in [-0.05, 0) is 44.9 Å². The van der Waals surface area contributed by atoms with Crippen molar-refractivity contribution in [2.45, 2.75) is 230 Å². The number of rotatable bonds is 36. The molecule has 1 rings (SSSR count). The van der Waals surface area contributed by atoms with Crippen LogP contribution in [-0.2, 0) is 14.3 Å². The van der Waals surface area contributed by atoms with Gasteiger partial charge >= 0.3 is 0 Å². The van der Waals surface area contributed by atoms with Crippen molar-refractivity contribution in [2.75, 3.05) is 13.2 Å². The van der Waals surface area contributed by atoms with E-state index in [1.54, 1.807) is 6.08 Å². The number of aliphatic hydroxyl groups excluding tert-OH is 5. The van der Waals surface area contributed by atoms with Crippen molar-refractivity contribution >= 4 is 5.91 Å². The first-order valence-electron chi connectivity index (χ1n) is 22.2. The van der Waals surface area contributed by atoms with E-state index in [4.69, 9.17) is 9.47 Å². The summed E-state index contributed by atoms with van der Waals surface area (Å²) in [5.41, 5.74) is 0. The fourth-order valence-electron chi connectivity index (χ4n) is 6.83. The van der Waals surface area contributed by atoms with Crippen molar-refractivity contribution in [3.8, 4) is 0 Å². The quantitative estimate of drug-likeness (QED) is 0.0274. The lowest BCUT2D eigenvalue weighted by Gasteiger charge is -2.40. The van der Waals surface area contributed by atoms with Crippen LogP contribution in [-0.4, -0.2) is 87.5 Å². The molecule has 1 saturated heterocycles. The summed E-state index contributed by atoms with van der Waals surface area (Å²) in [6.45, 7) is 3.56. The van der Waals surface area contributed by atoms with Gasteiger partial charge in [0.1, 0.15) is 24.4 Å². The molecule has 1 aliphatic heterocycles. The Morgan fingerprint density at radius 1 is 0.611 bits per heavy atom. The summed E-state index contributed by atoms with van der Waals surface area (Å²) < 4.78 is 11.1. The Morgan fingerprint density at radius 3 is 1.56 bits per heavy atom. The summed E-state index contributed by atoms with van der Waals surface area (Å²) in [6.07, 6.45) is 37.4. The third kappa shape index (κ3) is 26.3. The van der Waals surface area contributed by atoms with Crippen LogP contribution in [0.3, 0.4) is 0 Å². The molecule has 0 bridgehead atoms. The van der Waals surface area contributed by atoms with Gasteiger partial charge in [0.25, 0.3) is 0 Å². The number of carbonyl (C=O) groups is 1. The molecule has 316 valence electrons. The van der Waals surface area contributed by atoms with Gasteiger partial charge in [-0.15, -0.1) is 0 Å². The van der Waals surface area contributed by atoms with E-state index < -0.39 is 49.5 Å². The highest BCUT2D eigenvalue weighted by molar-refractivity contribution is 5.76. The van der Waals surface area contributed by atoms with E-state index in [9.17, 15) is 30.3 Å². The van der Waals surface area contributed by atoms with Crippen LogP contribution in [0.2, 0.25) is 0 Å². The fourth-order valence-corrected chi connectivity index (χ4v) is 6.83. The molecular weight excluding hydrogens is 682 g/mol. The largest absolute Gasteiger partial charge is 0.394 e. The number of nitrogens with one attached hydrogen (secondary N) is 1. The highest BCUT2D eigenvalue weighted by atomic mass is 16.7. The zero-order valence-electron chi connectivity index (χ0n) is 34.5. The third-order valence-corrected chi connectivity index (χ3v) is 10.4. The van der Waals surface area contributed by atoms with E-state index in [-0.39, 0.29) is 12.5 Å². The molecular formula is C45H83NO8. The number of ether oxygens (including phenoxy) is 2. The van der Waals surface area contributed by atoms with Crippen molar-refractivity contribution in [1.82, 2.24) is 5.32 Å². The Hall–Kier alpha value is -1.59. The van der Waals surface area contributed by atoms with Crippen LogP contribution >= 0.6 is 0 Å². The Kier molecular flexibility index (Phi) is 33.4. The van der Waals surface area contributed by atoms with Gasteiger partial charge in [0.15, 0.2) is 6.29 Å². The molecule has 54 heavy (non-hydrogen) atoms. The Balaban J connectivity index is 2.14. The maximum Gasteiger partial charge on any atom is 0.220 e. The number of hydrogen-bond donors (Lipinski definition) is 6. The molecule has 0 radical (unpaired) electrons. The van der Waals surface area contributed by atoms with Crippen LogP contribution < -0.4 is 5.32 Å². The first-order valence-corrected chi connectivity index (χ1v) is 22.2. The lowest BCUT2D eigenvalue weighted by molar-refractivity contribution is -0.302. The second kappa shape index (κ2) is 35.8. The normalized spacial score (nSPS) is 21.8. The standard InChI is InChI=1S/C45H83NO8/c1-3-5-7-8-9-10-11-12-13-14-15-16-17-18-19-20-21-22-23-24-25-26-27-28-29-30-31-33-34-39(48)38(46-41(49)35-32-6-4-2)37-53-45-44(52)43(51)42(50)40(36-47)54-45/h24-25,28-29,33-34,38-40,42-45,47-48,50-52H,3-23,26-27,30-32,35-37H2,1-2H3,(H,46,49)/b25-24+,29-28+,34-33+. The first kappa shape index (κ1) is 50.4. The predicted octanol–water partition coefficient (Wildman–Crippen LogP) is 8.89. The number of hydrogen-bond acceptors (Lipinski definition) is 8. The second-order valence-electron chi connectivity index (χ2n) is 15.5. The van der Waals surface area contributed by atoms with Gasteiger partial charge in [0, 0.05) is 6.42 Å². The Labute approximate surface area is 330 Å². The van der Waals surface area contributed by atoms with Gasteiger partial charge in [-0.2, -0.15) is 0 Å². The van der Waals surface area contributed by atoms with Crippen LogP contribution in [0.15, 0.2) is 36.5 Å². The second-order valence-corrected chi connectivity index (χ2v) is 15.5. The molecule has 7 unspecified atom stereocenters. The zero-order valence-corrected chi connectivity index (χ0v) is 34.5. The lowest BCUT2D eigenvalue weighted by Crippen LogP contribution is -2.60. The smallest absolute Gasteiger partial charge is 0.220 e. The van der Waals surface area contributed by atoms with Gasteiger partial charge < -0.3 is 40.3 Å². The van der Waals surface area contributed by atoms with Gasteiger partial charge in [0.05, 0.1) is 25.4 Å². The average Bonchev–Trinajstić information content (AvgIpc) is 3.17. The third-order valence-electron chi connectivity index (χ3n) is 10.4. The van der Waals surface area contributed by atoms with Crippen LogP contribution in [0, 0.1) is 0 Å². The van der Waals surface area contributed by atoms with E-state index in [1.165, 1.54) is 122 Å². The average molecular weight is 766 g/mol. The van der Waals surface area contributed by atoms with Crippen LogP contribution in [0.5, 0.6) is 0 Å². The van der Waals surface area contributed by atoms with Crippen molar-refractivity contribution in [2.24, 2.45) is 0 Å². The maximum atomic E-state index is 12.5. The van der Waals surface area contributed by atoms with Crippen LogP contribution in [0.1, 0.15) is 187 Å². The summed E-state index contributed by atoms with van der Waals surface area (Å²) in [6, 6.07) is -0.820. The van der Waals surface area contributed by atoms with Crippen molar-refractivity contribution in [3.05, 3.63) is 36.5 Å². The first-order chi connectivity index (χ1) is 26.3. The van der Waals surface area contributed by atoms with E-state index in [0.29, 0.717) is 6.42 Å². The SMILES string of the molecule is CCCCCCCCCCCCCCCCCCCC/C=C/CC/C=C/CC/C=C/C(O)C(COC1OC(CO)C(O)C(O)C1O)NC(=O)CCCCC. The number of allylic oxidation sites excluding steroid dienone is 5. The highest BCUT2D eigenvalue weighted by Crippen LogP contribution is 2.22. The van der Waals surface area contributed by atoms with Crippen molar-refractivity contribution in [3.63, 3.8) is 0 Å². The van der Waals surface area contributed by atoms with Gasteiger partial charge in [-0.25, -0.2) is 0 Å². The molecule has 9 heteroatoms. The number of amides is 1. The number of carbonyl (C=O) groups excluding carboxylic acids is 1. The molecule has 1 fully saturated rings. The summed E-state index contributed by atoms with van der Waals surface area (Å²) in [5.74, 6) is -0.217. The minimum Gasteiger partial charge on any atom is -0.394 e. The summed E-state index contributed by atoms with van der Waals surface area (Å²) in [5, 5.41) is 53.5. The van der Waals surface area contributed by atoms with Gasteiger partial charge in [-0.1, -0.05) is 172 Å². The topological polar surface area (TPSA) is 149 Å². The Morgan fingerprint density at radius 2 is 1.06 bits per heavy atom. The summed E-state index contributed by atoms with van der Waals surface area (Å²) in [7, 11) is 0. The summed E-state index contributed by atoms with van der Waals surface area (Å²) in [4.78, 5) is 12.5. The van der Waals surface area contributed by atoms with Crippen LogP contribution in [0.4, 0.5) is 0 Å². The van der Waals surface area contributed by atoms with Crippen molar-refractivity contribution in [1.29, 1.82) is 0 Å². The molecule has 1 aliphatic rings. The van der Waals surface area contributed by atoms with Crippen molar-refractivity contribution < 1.29 is 39.8 Å². The molecule has 0 spiro atoms. The maximum absolute atomic E-state index is 12.5. The molecule has 1 amide bonds. The van der Waals surface area contributed by atoms with Crippen LogP contribution in [0.25, 0.3) is 0 Å². The molecule has 0 aromatic heterocycles. The molecule has 1 heterocycles. The minimum absolute atomic E-state index is 0.208. The molecule has 0 aliphatic carbocycles. The molecule has 7 atom stereocenters. The monoisotopic (exact) mass is 766 g/mol. The molecule has 0 aromatic carbocycles. The van der Waals surface area contributed by atoms with E-state index >= 15 is 0 Å². The van der Waals surface area contributed by atoms with Gasteiger partial charge in [-0.3, -0.25) is 4.79 Å². The van der Waals surface area contributed by atoms with E-state index in [1.807, 2.05) is 6.08 Å².